The monoisotopic (exact) mass is 297 g/mol. The molecule has 0 radical (unpaired) electrons. The van der Waals surface area contributed by atoms with Crippen molar-refractivity contribution in [2.75, 3.05) is 0 Å². The minimum Gasteiger partial charge on any atom is -0.454 e. The molecule has 1 atom stereocenters. The van der Waals surface area contributed by atoms with E-state index in [-0.39, 0.29) is 0 Å². The maximum Gasteiger partial charge on any atom is 0.146 e. The Morgan fingerprint density at radius 1 is 1.26 bits per heavy atom. The lowest BCUT2D eigenvalue weighted by atomic mass is 10.2. The molecule has 3 nitrogen and oxygen atoms in total. The second-order valence-electron chi connectivity index (χ2n) is 4.02. The Hall–Kier alpha value is -1.29. The maximum absolute atomic E-state index is 9.65. The van der Waals surface area contributed by atoms with E-state index in [9.17, 15) is 5.11 Å². The highest BCUT2D eigenvalue weighted by Crippen LogP contribution is 2.31. The van der Waals surface area contributed by atoms with E-state index in [0.717, 1.165) is 0 Å². The van der Waals surface area contributed by atoms with E-state index in [2.05, 4.69) is 4.98 Å². The molecule has 0 bridgehead atoms. The van der Waals surface area contributed by atoms with Gasteiger partial charge in [-0.25, -0.2) is 0 Å². The molecule has 1 aromatic heterocycles. The lowest BCUT2D eigenvalue weighted by Crippen LogP contribution is -1.98. The quantitative estimate of drug-likeness (QED) is 0.895. The molecule has 0 amide bonds. The van der Waals surface area contributed by atoms with Crippen molar-refractivity contribution in [3.05, 3.63) is 52.3 Å². The summed E-state index contributed by atoms with van der Waals surface area (Å²) >= 11 is 11.8. The van der Waals surface area contributed by atoms with Gasteiger partial charge in [-0.15, -0.1) is 0 Å². The lowest BCUT2D eigenvalue weighted by Gasteiger charge is -2.10. The van der Waals surface area contributed by atoms with Crippen LogP contribution in [0.1, 0.15) is 25.1 Å². The molecule has 0 saturated carbocycles. The summed E-state index contributed by atoms with van der Waals surface area (Å²) in [6.45, 7) is 1.89. The Balaban J connectivity index is 2.15. The number of aliphatic hydroxyl groups is 1. The van der Waals surface area contributed by atoms with Crippen LogP contribution in [0.5, 0.6) is 11.5 Å². The van der Waals surface area contributed by atoms with Crippen molar-refractivity contribution >= 4 is 23.2 Å². The second-order valence-corrected chi connectivity index (χ2v) is 4.86. The molecule has 0 fully saturated rings. The first-order chi connectivity index (χ1) is 9.10. The summed E-state index contributed by atoms with van der Waals surface area (Å²) in [5.74, 6) is 1.06. The SMILES string of the molecule is CC[C@@H](O)c1ccc(Oc2ccc(Cl)cc2Cl)cn1. The Morgan fingerprint density at radius 3 is 2.63 bits per heavy atom. The Bertz CT molecular complexity index is 558. The first kappa shape index (κ1) is 14.1. The molecule has 1 aromatic carbocycles. The number of halogens is 2. The van der Waals surface area contributed by atoms with E-state index >= 15 is 0 Å². The van der Waals surface area contributed by atoms with Crippen molar-refractivity contribution in [1.82, 2.24) is 4.98 Å². The highest BCUT2D eigenvalue weighted by atomic mass is 35.5. The summed E-state index contributed by atoms with van der Waals surface area (Å²) in [7, 11) is 0. The molecular weight excluding hydrogens is 285 g/mol. The van der Waals surface area contributed by atoms with Crippen molar-refractivity contribution in [1.29, 1.82) is 0 Å². The topological polar surface area (TPSA) is 42.4 Å². The number of aromatic nitrogens is 1. The number of ether oxygens (including phenoxy) is 1. The van der Waals surface area contributed by atoms with Gasteiger partial charge in [-0.05, 0) is 36.8 Å². The van der Waals surface area contributed by atoms with Crippen LogP contribution in [0.25, 0.3) is 0 Å². The van der Waals surface area contributed by atoms with Crippen LogP contribution in [0.15, 0.2) is 36.5 Å². The van der Waals surface area contributed by atoms with Gasteiger partial charge in [0.05, 0.1) is 23.0 Å². The molecule has 0 saturated heterocycles. The molecule has 1 heterocycles. The normalized spacial score (nSPS) is 12.2. The summed E-state index contributed by atoms with van der Waals surface area (Å²) in [6.07, 6.45) is 1.63. The van der Waals surface area contributed by atoms with Gasteiger partial charge in [-0.3, -0.25) is 4.98 Å². The Morgan fingerprint density at radius 2 is 2.05 bits per heavy atom. The highest BCUT2D eigenvalue weighted by molar-refractivity contribution is 6.35. The van der Waals surface area contributed by atoms with Crippen LogP contribution in [-0.4, -0.2) is 10.1 Å². The third-order valence-electron chi connectivity index (χ3n) is 2.61. The first-order valence-corrected chi connectivity index (χ1v) is 6.62. The number of rotatable bonds is 4. The minimum absolute atomic E-state index is 0.435. The van der Waals surface area contributed by atoms with Gasteiger partial charge < -0.3 is 9.84 Å². The molecule has 0 aliphatic heterocycles. The van der Waals surface area contributed by atoms with Crippen LogP contribution >= 0.6 is 23.2 Å². The predicted molar refractivity (Wildman–Crippen MR) is 76.0 cm³/mol. The van der Waals surface area contributed by atoms with Crippen LogP contribution in [-0.2, 0) is 0 Å². The van der Waals surface area contributed by atoms with E-state index < -0.39 is 6.10 Å². The van der Waals surface area contributed by atoms with Crippen LogP contribution in [0.3, 0.4) is 0 Å². The van der Waals surface area contributed by atoms with Gasteiger partial charge in [-0.1, -0.05) is 30.1 Å². The molecular formula is C14H13Cl2NO2. The molecule has 0 spiro atoms. The number of hydrogen-bond donors (Lipinski definition) is 1. The van der Waals surface area contributed by atoms with Crippen LogP contribution in [0.4, 0.5) is 0 Å². The largest absolute Gasteiger partial charge is 0.454 e. The zero-order chi connectivity index (χ0) is 13.8. The zero-order valence-electron chi connectivity index (χ0n) is 10.3. The van der Waals surface area contributed by atoms with Crippen LogP contribution in [0.2, 0.25) is 10.0 Å². The Kier molecular flexibility index (Phi) is 4.64. The van der Waals surface area contributed by atoms with Crippen LogP contribution < -0.4 is 4.74 Å². The standard InChI is InChI=1S/C14H13Cl2NO2/c1-2-13(18)12-5-4-10(8-17-12)19-14-6-3-9(15)7-11(14)16/h3-8,13,18H,2H2,1H3/t13-/m1/s1. The summed E-state index contributed by atoms with van der Waals surface area (Å²) in [5.41, 5.74) is 0.622. The molecule has 2 aromatic rings. The van der Waals surface area contributed by atoms with E-state index in [1.807, 2.05) is 6.92 Å². The van der Waals surface area contributed by atoms with Gasteiger partial charge in [0.2, 0.25) is 0 Å². The predicted octanol–water partition coefficient (Wildman–Crippen LogP) is 4.62. The molecule has 5 heteroatoms. The zero-order valence-corrected chi connectivity index (χ0v) is 11.8. The van der Waals surface area contributed by atoms with E-state index in [4.69, 9.17) is 27.9 Å². The van der Waals surface area contributed by atoms with E-state index in [1.54, 1.807) is 36.5 Å². The molecule has 2 rings (SSSR count). The fourth-order valence-corrected chi connectivity index (χ4v) is 1.99. The number of hydrogen-bond acceptors (Lipinski definition) is 3. The molecule has 0 aliphatic carbocycles. The molecule has 0 unspecified atom stereocenters. The average molecular weight is 298 g/mol. The fraction of sp³-hybridized carbons (Fsp3) is 0.214. The van der Waals surface area contributed by atoms with Crippen LogP contribution in [0, 0.1) is 0 Å². The molecule has 0 aliphatic rings. The summed E-state index contributed by atoms with van der Waals surface area (Å²) in [6, 6.07) is 8.48. The average Bonchev–Trinajstić information content (AvgIpc) is 2.42. The Labute approximate surface area is 121 Å². The third-order valence-corrected chi connectivity index (χ3v) is 3.14. The van der Waals surface area contributed by atoms with Crippen molar-refractivity contribution in [2.24, 2.45) is 0 Å². The smallest absolute Gasteiger partial charge is 0.146 e. The molecule has 19 heavy (non-hydrogen) atoms. The van der Waals surface area contributed by atoms with Gasteiger partial charge in [0.25, 0.3) is 0 Å². The third kappa shape index (κ3) is 3.60. The maximum atomic E-state index is 9.65. The van der Waals surface area contributed by atoms with Gasteiger partial charge in [0.1, 0.15) is 11.5 Å². The van der Waals surface area contributed by atoms with E-state index in [1.165, 1.54) is 0 Å². The number of benzene rings is 1. The summed E-state index contributed by atoms with van der Waals surface area (Å²) in [4.78, 5) is 4.15. The summed E-state index contributed by atoms with van der Waals surface area (Å²) < 4.78 is 5.60. The van der Waals surface area contributed by atoms with Gasteiger partial charge in [0.15, 0.2) is 0 Å². The van der Waals surface area contributed by atoms with Crippen molar-refractivity contribution < 1.29 is 9.84 Å². The molecule has 100 valence electrons. The minimum atomic E-state index is -0.548. The van der Waals surface area contributed by atoms with E-state index in [0.29, 0.717) is 33.7 Å². The lowest BCUT2D eigenvalue weighted by molar-refractivity contribution is 0.169. The number of nitrogens with zero attached hydrogens (tertiary/aromatic N) is 1. The fourth-order valence-electron chi connectivity index (χ4n) is 1.54. The van der Waals surface area contributed by atoms with Gasteiger partial charge in [0, 0.05) is 5.02 Å². The van der Waals surface area contributed by atoms with Gasteiger partial charge >= 0.3 is 0 Å². The molecule has 1 N–H and O–H groups in total. The number of aliphatic hydroxyl groups excluding tert-OH is 1. The van der Waals surface area contributed by atoms with Crippen molar-refractivity contribution in [3.63, 3.8) is 0 Å². The summed E-state index contributed by atoms with van der Waals surface area (Å²) in [5, 5.41) is 10.6. The van der Waals surface area contributed by atoms with Gasteiger partial charge in [-0.2, -0.15) is 0 Å². The van der Waals surface area contributed by atoms with Crippen molar-refractivity contribution in [3.8, 4) is 11.5 Å². The number of pyridine rings is 1. The second kappa shape index (κ2) is 6.24. The first-order valence-electron chi connectivity index (χ1n) is 5.87. The highest BCUT2D eigenvalue weighted by Gasteiger charge is 2.08. The van der Waals surface area contributed by atoms with Crippen molar-refractivity contribution in [2.45, 2.75) is 19.4 Å².